The van der Waals surface area contributed by atoms with E-state index >= 15 is 0 Å². The minimum absolute atomic E-state index is 0.00650. The zero-order chi connectivity index (χ0) is 11.6. The molecule has 0 aromatic heterocycles. The first kappa shape index (κ1) is 11.2. The number of hydrogen-bond donors (Lipinski definition) is 0. The van der Waals surface area contributed by atoms with Crippen molar-refractivity contribution in [1.29, 1.82) is 0 Å². The molecule has 0 saturated heterocycles. The van der Waals surface area contributed by atoms with E-state index in [0.29, 0.717) is 6.07 Å². The van der Waals surface area contributed by atoms with Gasteiger partial charge in [0.05, 0.1) is 10.5 Å². The second-order valence-electron chi connectivity index (χ2n) is 2.64. The van der Waals surface area contributed by atoms with Crippen LogP contribution in [0.1, 0.15) is 15.9 Å². The van der Waals surface area contributed by atoms with Crippen LogP contribution in [0.4, 0.5) is 18.9 Å². The van der Waals surface area contributed by atoms with E-state index in [0.717, 1.165) is 12.1 Å². The van der Waals surface area contributed by atoms with Gasteiger partial charge in [-0.1, -0.05) is 0 Å². The highest BCUT2D eigenvalue weighted by molar-refractivity contribution is 5.78. The third-order valence-corrected chi connectivity index (χ3v) is 1.68. The fourth-order valence-electron chi connectivity index (χ4n) is 1.01. The maximum atomic E-state index is 12.3. The molecule has 0 amide bonds. The predicted octanol–water partition coefficient (Wildman–Crippen LogP) is 2.43. The predicted molar refractivity (Wildman–Crippen MR) is 43.5 cm³/mol. The average Bonchev–Trinajstić information content (AvgIpc) is 2.15. The standard InChI is InChI=1S/C8H4F3NO3/c9-8(10,11)7-3-6(12(14)15)2-1-5(7)4-13/h1-4H. The largest absolute Gasteiger partial charge is 0.417 e. The molecule has 0 saturated carbocycles. The van der Waals surface area contributed by atoms with Crippen LogP contribution in [0.2, 0.25) is 0 Å². The summed E-state index contributed by atoms with van der Waals surface area (Å²) in [4.78, 5) is 19.6. The average molecular weight is 219 g/mol. The zero-order valence-electron chi connectivity index (χ0n) is 7.12. The molecule has 0 aliphatic heterocycles. The second kappa shape index (κ2) is 3.68. The summed E-state index contributed by atoms with van der Waals surface area (Å²) in [6, 6.07) is 1.96. The van der Waals surface area contributed by atoms with Gasteiger partial charge in [0.1, 0.15) is 0 Å². The van der Waals surface area contributed by atoms with Gasteiger partial charge >= 0.3 is 6.18 Å². The van der Waals surface area contributed by atoms with Gasteiger partial charge in [-0.15, -0.1) is 0 Å². The third kappa shape index (κ3) is 2.30. The molecule has 0 aliphatic rings. The number of alkyl halides is 3. The molecule has 4 nitrogen and oxygen atoms in total. The zero-order valence-corrected chi connectivity index (χ0v) is 7.12. The van der Waals surface area contributed by atoms with Crippen molar-refractivity contribution in [2.45, 2.75) is 6.18 Å². The smallest absolute Gasteiger partial charge is 0.298 e. The van der Waals surface area contributed by atoms with Crippen LogP contribution >= 0.6 is 0 Å². The number of halogens is 3. The fraction of sp³-hybridized carbons (Fsp3) is 0.125. The second-order valence-corrected chi connectivity index (χ2v) is 2.64. The van der Waals surface area contributed by atoms with Crippen molar-refractivity contribution >= 4 is 12.0 Å². The summed E-state index contributed by atoms with van der Waals surface area (Å²) in [5.41, 5.74) is -2.62. The first-order valence-corrected chi connectivity index (χ1v) is 3.67. The number of rotatable bonds is 2. The lowest BCUT2D eigenvalue weighted by molar-refractivity contribution is -0.385. The molecule has 15 heavy (non-hydrogen) atoms. The molecule has 1 aromatic carbocycles. The molecule has 0 heterocycles. The number of hydrogen-bond acceptors (Lipinski definition) is 3. The molecule has 0 atom stereocenters. The van der Waals surface area contributed by atoms with Gasteiger partial charge in [-0.25, -0.2) is 0 Å². The Bertz CT molecular complexity index is 414. The van der Waals surface area contributed by atoms with Crippen molar-refractivity contribution in [2.75, 3.05) is 0 Å². The topological polar surface area (TPSA) is 60.2 Å². The first-order valence-electron chi connectivity index (χ1n) is 3.67. The van der Waals surface area contributed by atoms with Crippen LogP contribution < -0.4 is 0 Å². The van der Waals surface area contributed by atoms with E-state index in [1.807, 2.05) is 0 Å². The minimum Gasteiger partial charge on any atom is -0.298 e. The molecule has 0 aliphatic carbocycles. The Labute approximate surface area is 81.5 Å². The van der Waals surface area contributed by atoms with Gasteiger partial charge in [0, 0.05) is 17.7 Å². The van der Waals surface area contributed by atoms with Crippen molar-refractivity contribution in [3.63, 3.8) is 0 Å². The summed E-state index contributed by atoms with van der Waals surface area (Å²) >= 11 is 0. The van der Waals surface area contributed by atoms with Gasteiger partial charge in [-0.2, -0.15) is 13.2 Å². The number of nitrogens with zero attached hydrogens (tertiary/aromatic N) is 1. The number of aldehydes is 1. The van der Waals surface area contributed by atoms with Crippen molar-refractivity contribution in [1.82, 2.24) is 0 Å². The molecule has 7 heteroatoms. The molecule has 0 spiro atoms. The van der Waals surface area contributed by atoms with Crippen molar-refractivity contribution in [2.24, 2.45) is 0 Å². The van der Waals surface area contributed by atoms with Gasteiger partial charge in [0.15, 0.2) is 6.29 Å². The van der Waals surface area contributed by atoms with Gasteiger partial charge in [0.2, 0.25) is 0 Å². The van der Waals surface area contributed by atoms with Crippen LogP contribution in [0, 0.1) is 10.1 Å². The molecule has 0 bridgehead atoms. The van der Waals surface area contributed by atoms with E-state index in [1.54, 1.807) is 0 Å². The van der Waals surface area contributed by atoms with Crippen LogP contribution in [0.25, 0.3) is 0 Å². The van der Waals surface area contributed by atoms with E-state index in [2.05, 4.69) is 0 Å². The Balaban J connectivity index is 3.38. The van der Waals surface area contributed by atoms with Crippen LogP contribution in [-0.4, -0.2) is 11.2 Å². The van der Waals surface area contributed by atoms with E-state index in [-0.39, 0.29) is 6.29 Å². The molecule has 0 fully saturated rings. The number of nitro groups is 1. The minimum atomic E-state index is -4.78. The van der Waals surface area contributed by atoms with Crippen molar-refractivity contribution in [3.8, 4) is 0 Å². The summed E-state index contributed by atoms with van der Waals surface area (Å²) in [5.74, 6) is 0. The molecule has 1 rings (SSSR count). The Morgan fingerprint density at radius 2 is 1.93 bits per heavy atom. The van der Waals surface area contributed by atoms with Gasteiger partial charge in [-0.3, -0.25) is 14.9 Å². The summed E-state index contributed by atoms with van der Waals surface area (Å²) in [5, 5.41) is 10.2. The Morgan fingerprint density at radius 3 is 2.33 bits per heavy atom. The molecular weight excluding hydrogens is 215 g/mol. The maximum absolute atomic E-state index is 12.3. The number of carbonyl (C=O) groups excluding carboxylic acids is 1. The number of non-ortho nitro benzene ring substituents is 1. The van der Waals surface area contributed by atoms with E-state index in [9.17, 15) is 28.1 Å². The summed E-state index contributed by atoms with van der Waals surface area (Å²) in [6.45, 7) is 0. The van der Waals surface area contributed by atoms with E-state index in [4.69, 9.17) is 0 Å². The highest BCUT2D eigenvalue weighted by atomic mass is 19.4. The van der Waals surface area contributed by atoms with Crippen LogP contribution in [0.5, 0.6) is 0 Å². The third-order valence-electron chi connectivity index (χ3n) is 1.68. The Kier molecular flexibility index (Phi) is 2.74. The SMILES string of the molecule is O=Cc1ccc([N+](=O)[O-])cc1C(F)(F)F. The Morgan fingerprint density at radius 1 is 1.33 bits per heavy atom. The van der Waals surface area contributed by atoms with Crippen LogP contribution in [-0.2, 0) is 6.18 Å². The maximum Gasteiger partial charge on any atom is 0.417 e. The highest BCUT2D eigenvalue weighted by Crippen LogP contribution is 2.33. The summed E-state index contributed by atoms with van der Waals surface area (Å²) in [6.07, 6.45) is -4.77. The van der Waals surface area contributed by atoms with Crippen LogP contribution in [0.3, 0.4) is 0 Å². The molecular formula is C8H4F3NO3. The quantitative estimate of drug-likeness (QED) is 0.436. The Hall–Kier alpha value is -1.92. The number of nitro benzene ring substituents is 1. The molecule has 1 aromatic rings. The summed E-state index contributed by atoms with van der Waals surface area (Å²) in [7, 11) is 0. The number of benzene rings is 1. The molecule has 80 valence electrons. The molecule has 0 unspecified atom stereocenters. The van der Waals surface area contributed by atoms with Gasteiger partial charge in [0.25, 0.3) is 5.69 Å². The van der Waals surface area contributed by atoms with Crippen molar-refractivity contribution < 1.29 is 22.9 Å². The molecule has 0 radical (unpaired) electrons. The monoisotopic (exact) mass is 219 g/mol. The highest BCUT2D eigenvalue weighted by Gasteiger charge is 2.34. The number of carbonyl (C=O) groups is 1. The van der Waals surface area contributed by atoms with E-state index < -0.39 is 27.9 Å². The van der Waals surface area contributed by atoms with Gasteiger partial charge in [-0.05, 0) is 6.07 Å². The van der Waals surface area contributed by atoms with E-state index in [1.165, 1.54) is 0 Å². The van der Waals surface area contributed by atoms with Crippen molar-refractivity contribution in [3.05, 3.63) is 39.4 Å². The normalized spacial score (nSPS) is 11.1. The van der Waals surface area contributed by atoms with Gasteiger partial charge < -0.3 is 0 Å². The first-order chi connectivity index (χ1) is 6.86. The van der Waals surface area contributed by atoms with Crippen LogP contribution in [0.15, 0.2) is 18.2 Å². The lowest BCUT2D eigenvalue weighted by Crippen LogP contribution is -2.09. The summed E-state index contributed by atoms with van der Waals surface area (Å²) < 4.78 is 36.9. The lowest BCUT2D eigenvalue weighted by Gasteiger charge is -2.08. The molecule has 0 N–H and O–H groups in total. The lowest BCUT2D eigenvalue weighted by atomic mass is 10.1. The fourth-order valence-corrected chi connectivity index (χ4v) is 1.01.